The molecule has 2 unspecified atom stereocenters. The van der Waals surface area contributed by atoms with Crippen molar-refractivity contribution in [2.45, 2.75) is 43.5 Å². The van der Waals surface area contributed by atoms with Crippen LogP contribution in [-0.2, 0) is 10.2 Å². The molecule has 0 aromatic heterocycles. The average Bonchev–Trinajstić information content (AvgIpc) is 3.17. The van der Waals surface area contributed by atoms with E-state index in [9.17, 15) is 37.7 Å². The van der Waals surface area contributed by atoms with Crippen molar-refractivity contribution in [3.05, 3.63) is 59.4 Å². The van der Waals surface area contributed by atoms with E-state index in [-0.39, 0.29) is 16.5 Å². The normalized spacial score (nSPS) is 18.5. The van der Waals surface area contributed by atoms with Gasteiger partial charge in [0, 0.05) is 17.7 Å². The molecule has 6 nitrogen and oxygen atoms in total. The number of thioether (sulfide) groups is 1. The quantitative estimate of drug-likeness (QED) is 0.476. The summed E-state index contributed by atoms with van der Waals surface area (Å²) in [7, 11) is 0. The molecule has 33 heavy (non-hydrogen) atoms. The number of hydrogen-bond acceptors (Lipinski definition) is 6. The molecule has 178 valence electrons. The lowest BCUT2D eigenvalue weighted by molar-refractivity contribution is -0.256. The lowest BCUT2D eigenvalue weighted by atomic mass is 9.74. The summed E-state index contributed by atoms with van der Waals surface area (Å²) in [4.78, 5) is 16.9. The second kappa shape index (κ2) is 8.86. The first kappa shape index (κ1) is 24.8. The molecule has 2 atom stereocenters. The van der Waals surface area contributed by atoms with E-state index in [1.165, 1.54) is 26.0 Å². The molecule has 0 saturated carbocycles. The van der Waals surface area contributed by atoms with Crippen LogP contribution in [0.2, 0.25) is 0 Å². The van der Waals surface area contributed by atoms with Crippen LogP contribution in [0.4, 0.5) is 17.6 Å². The third kappa shape index (κ3) is 5.25. The van der Waals surface area contributed by atoms with Gasteiger partial charge in [-0.25, -0.2) is 4.39 Å². The highest BCUT2D eigenvalue weighted by atomic mass is 32.2. The molecular weight excluding hydrogens is 464 g/mol. The number of carbonyl (C=O) groups excluding carboxylic acids is 1. The molecule has 1 heterocycles. The molecule has 11 heteroatoms. The molecule has 0 fully saturated rings. The Balaban J connectivity index is 1.85. The minimum Gasteiger partial charge on any atom is -0.508 e. The summed E-state index contributed by atoms with van der Waals surface area (Å²) >= 11 is 1.01. The Morgan fingerprint density at radius 1 is 1.15 bits per heavy atom. The van der Waals surface area contributed by atoms with Gasteiger partial charge >= 0.3 is 6.18 Å². The minimum atomic E-state index is -5.36. The standard InChI is InChI=1S/C22H22F4N2O4S/c1-20(2,15-9-13(23)5-8-17(15)30)11-21(32,22(24,25)26)18(31)28-19-27-16(10-33-19)12-3-6-14(29)7-4-12/h3-9,16,29-30,32H,10-11H2,1-2H3,(H,27,28,31). The van der Waals surface area contributed by atoms with E-state index in [4.69, 9.17) is 0 Å². The van der Waals surface area contributed by atoms with Gasteiger partial charge in [-0.1, -0.05) is 37.7 Å². The van der Waals surface area contributed by atoms with Crippen molar-refractivity contribution in [1.82, 2.24) is 5.32 Å². The minimum absolute atomic E-state index is 0.0455. The van der Waals surface area contributed by atoms with Crippen LogP contribution in [0.15, 0.2) is 47.5 Å². The van der Waals surface area contributed by atoms with Crippen molar-refractivity contribution < 1.29 is 37.7 Å². The summed E-state index contributed by atoms with van der Waals surface area (Å²) in [6.45, 7) is 2.52. The Morgan fingerprint density at radius 2 is 1.79 bits per heavy atom. The molecule has 0 radical (unpaired) electrons. The highest BCUT2D eigenvalue weighted by Gasteiger charge is 2.61. The van der Waals surface area contributed by atoms with Gasteiger partial charge < -0.3 is 20.6 Å². The number of amidine groups is 1. The van der Waals surface area contributed by atoms with E-state index in [0.29, 0.717) is 11.3 Å². The molecule has 1 amide bonds. The van der Waals surface area contributed by atoms with Crippen molar-refractivity contribution in [3.8, 4) is 11.5 Å². The lowest BCUT2D eigenvalue weighted by Crippen LogP contribution is -2.59. The Bertz CT molecular complexity index is 1070. The van der Waals surface area contributed by atoms with Crippen LogP contribution < -0.4 is 5.32 Å². The molecule has 3 rings (SSSR count). The van der Waals surface area contributed by atoms with Crippen LogP contribution in [0.5, 0.6) is 11.5 Å². The Morgan fingerprint density at radius 3 is 2.39 bits per heavy atom. The number of benzene rings is 2. The van der Waals surface area contributed by atoms with Gasteiger partial charge in [-0.15, -0.1) is 0 Å². The Hall–Kier alpha value is -2.79. The molecule has 1 aliphatic rings. The van der Waals surface area contributed by atoms with Crippen molar-refractivity contribution in [1.29, 1.82) is 0 Å². The number of phenols is 2. The van der Waals surface area contributed by atoms with Gasteiger partial charge in [0.15, 0.2) is 5.17 Å². The third-order valence-corrected chi connectivity index (χ3v) is 6.34. The lowest BCUT2D eigenvalue weighted by Gasteiger charge is -2.36. The summed E-state index contributed by atoms with van der Waals surface area (Å²) in [6, 6.07) is 8.44. The van der Waals surface area contributed by atoms with E-state index in [1.54, 1.807) is 12.1 Å². The topological polar surface area (TPSA) is 102 Å². The van der Waals surface area contributed by atoms with Gasteiger partial charge in [-0.2, -0.15) is 13.2 Å². The maximum absolute atomic E-state index is 13.9. The van der Waals surface area contributed by atoms with Crippen LogP contribution in [0.1, 0.15) is 37.4 Å². The van der Waals surface area contributed by atoms with Crippen molar-refractivity contribution in [3.63, 3.8) is 0 Å². The summed E-state index contributed by atoms with van der Waals surface area (Å²) in [5.41, 5.74) is -4.96. The van der Waals surface area contributed by atoms with Crippen LogP contribution in [-0.4, -0.2) is 43.9 Å². The van der Waals surface area contributed by atoms with E-state index in [1.807, 2.05) is 0 Å². The number of aromatic hydroxyl groups is 2. The van der Waals surface area contributed by atoms with Gasteiger partial charge in [0.25, 0.3) is 5.91 Å². The zero-order valence-electron chi connectivity index (χ0n) is 17.7. The Kier molecular flexibility index (Phi) is 6.67. The smallest absolute Gasteiger partial charge is 0.426 e. The first-order chi connectivity index (χ1) is 15.2. The summed E-state index contributed by atoms with van der Waals surface area (Å²) in [6.07, 6.45) is -6.54. The molecule has 2 aromatic carbocycles. The van der Waals surface area contributed by atoms with Crippen LogP contribution in [0.3, 0.4) is 0 Å². The summed E-state index contributed by atoms with van der Waals surface area (Å²) in [5, 5.41) is 31.9. The van der Waals surface area contributed by atoms with Crippen molar-refractivity contribution in [2.24, 2.45) is 4.99 Å². The first-order valence-electron chi connectivity index (χ1n) is 9.82. The van der Waals surface area contributed by atoms with Gasteiger partial charge in [0.05, 0.1) is 6.04 Å². The fraction of sp³-hybridized carbons (Fsp3) is 0.364. The first-order valence-corrected chi connectivity index (χ1v) is 10.8. The molecule has 4 N–H and O–H groups in total. The molecule has 2 aromatic rings. The number of phenolic OH excluding ortho intramolecular Hbond substituents is 2. The molecule has 0 saturated heterocycles. The maximum atomic E-state index is 13.9. The number of halogens is 4. The van der Waals surface area contributed by atoms with Crippen LogP contribution in [0, 0.1) is 5.82 Å². The number of alkyl halides is 3. The monoisotopic (exact) mass is 486 g/mol. The second-order valence-electron chi connectivity index (χ2n) is 8.39. The number of nitrogens with one attached hydrogen (secondary N) is 1. The van der Waals surface area contributed by atoms with Crippen molar-refractivity contribution in [2.75, 3.05) is 5.75 Å². The molecule has 0 aliphatic carbocycles. The van der Waals surface area contributed by atoms with Crippen LogP contribution >= 0.6 is 11.8 Å². The van der Waals surface area contributed by atoms with Gasteiger partial charge in [0.1, 0.15) is 17.3 Å². The number of aliphatic imine (C=N–C) groups is 1. The number of amides is 1. The predicted molar refractivity (Wildman–Crippen MR) is 116 cm³/mol. The average molecular weight is 486 g/mol. The fourth-order valence-corrected chi connectivity index (χ4v) is 4.55. The van der Waals surface area contributed by atoms with Crippen LogP contribution in [0.25, 0.3) is 0 Å². The van der Waals surface area contributed by atoms with Gasteiger partial charge in [0.2, 0.25) is 5.60 Å². The largest absolute Gasteiger partial charge is 0.508 e. The fourth-order valence-electron chi connectivity index (χ4n) is 3.60. The zero-order valence-corrected chi connectivity index (χ0v) is 18.5. The zero-order chi connectivity index (χ0) is 24.6. The third-order valence-electron chi connectivity index (χ3n) is 5.38. The van der Waals surface area contributed by atoms with E-state index in [2.05, 4.69) is 10.3 Å². The highest BCUT2D eigenvalue weighted by Crippen LogP contribution is 2.44. The summed E-state index contributed by atoms with van der Waals surface area (Å²) < 4.78 is 55.4. The molecule has 0 bridgehead atoms. The predicted octanol–water partition coefficient (Wildman–Crippen LogP) is 4.16. The molecule has 1 aliphatic heterocycles. The van der Waals surface area contributed by atoms with E-state index in [0.717, 1.165) is 30.0 Å². The molecular formula is C22H22F4N2O4S. The number of carbonyl (C=O) groups is 1. The highest BCUT2D eigenvalue weighted by molar-refractivity contribution is 8.14. The SMILES string of the molecule is CC(C)(CC(O)(C(=O)NC1=NC(c2ccc(O)cc2)CS1)C(F)(F)F)c1cc(F)ccc1O. The summed E-state index contributed by atoms with van der Waals surface area (Å²) in [5.74, 6) is -2.58. The number of hydrogen-bond donors (Lipinski definition) is 4. The number of nitrogens with zero attached hydrogens (tertiary/aromatic N) is 1. The Labute approximate surface area is 191 Å². The van der Waals surface area contributed by atoms with Crippen molar-refractivity contribution >= 4 is 22.8 Å². The van der Waals surface area contributed by atoms with Gasteiger partial charge in [-0.3, -0.25) is 9.79 Å². The number of rotatable bonds is 5. The van der Waals surface area contributed by atoms with Gasteiger partial charge in [-0.05, 0) is 41.3 Å². The molecule has 0 spiro atoms. The second-order valence-corrected chi connectivity index (χ2v) is 9.40. The van der Waals surface area contributed by atoms with E-state index < -0.39 is 47.1 Å². The maximum Gasteiger partial charge on any atom is 0.426 e. The number of aliphatic hydroxyl groups is 1. The van der Waals surface area contributed by atoms with E-state index >= 15 is 0 Å².